The van der Waals surface area contributed by atoms with E-state index in [0.717, 1.165) is 23.4 Å². The zero-order chi connectivity index (χ0) is 19.4. The Morgan fingerprint density at radius 1 is 1.22 bits per heavy atom. The molecule has 27 heavy (non-hydrogen) atoms. The van der Waals surface area contributed by atoms with Crippen LogP contribution in [0, 0.1) is 0 Å². The predicted molar refractivity (Wildman–Crippen MR) is 100 cm³/mol. The van der Waals surface area contributed by atoms with Gasteiger partial charge in [0.25, 0.3) is 0 Å². The lowest BCUT2D eigenvalue weighted by atomic mass is 10.2. The molecule has 0 unspecified atom stereocenters. The average Bonchev–Trinajstić information content (AvgIpc) is 3.06. The summed E-state index contributed by atoms with van der Waals surface area (Å²) in [6.45, 7) is 0.387. The van der Waals surface area contributed by atoms with Crippen LogP contribution >= 0.6 is 23.1 Å². The molecule has 0 radical (unpaired) electrons. The topological polar surface area (TPSA) is 51.2 Å². The fourth-order valence-electron chi connectivity index (χ4n) is 2.27. The van der Waals surface area contributed by atoms with Gasteiger partial charge in [-0.2, -0.15) is 13.2 Å². The first-order valence-corrected chi connectivity index (χ1v) is 9.65. The number of alkyl halides is 3. The molecule has 0 atom stereocenters. The first-order valence-electron chi connectivity index (χ1n) is 7.85. The summed E-state index contributed by atoms with van der Waals surface area (Å²) in [5.74, 6) is 0.707. The van der Waals surface area contributed by atoms with Gasteiger partial charge in [0.15, 0.2) is 4.34 Å². The molecular formula is C18H15F3N2O2S2. The molecule has 1 amide bonds. The number of hydrogen-bond donors (Lipinski definition) is 1. The first kappa shape index (κ1) is 19.5. The van der Waals surface area contributed by atoms with Crippen molar-refractivity contribution in [3.05, 3.63) is 53.6 Å². The molecule has 0 saturated heterocycles. The molecule has 1 N–H and O–H groups in total. The molecule has 1 heterocycles. The minimum atomic E-state index is -4.40. The van der Waals surface area contributed by atoms with Gasteiger partial charge in [-0.1, -0.05) is 23.9 Å². The van der Waals surface area contributed by atoms with Gasteiger partial charge in [0.05, 0.1) is 28.6 Å². The summed E-state index contributed by atoms with van der Waals surface area (Å²) in [6.07, 6.45) is -4.40. The van der Waals surface area contributed by atoms with Crippen molar-refractivity contribution in [1.29, 1.82) is 0 Å². The largest absolute Gasteiger partial charge is 0.497 e. The van der Waals surface area contributed by atoms with E-state index in [2.05, 4.69) is 10.3 Å². The fraction of sp³-hybridized carbons (Fsp3) is 0.222. The van der Waals surface area contributed by atoms with E-state index in [4.69, 9.17) is 4.74 Å². The maximum absolute atomic E-state index is 12.8. The number of carbonyl (C=O) groups is 1. The number of ether oxygens (including phenoxy) is 1. The van der Waals surface area contributed by atoms with Crippen molar-refractivity contribution in [2.45, 2.75) is 17.1 Å². The lowest BCUT2D eigenvalue weighted by Crippen LogP contribution is -2.24. The highest BCUT2D eigenvalue weighted by atomic mass is 32.2. The number of thiazole rings is 1. The SMILES string of the molecule is COc1ccc(CNC(=O)CSc2nc3cc(C(F)(F)F)ccc3s2)cc1. The minimum absolute atomic E-state index is 0.141. The number of nitrogens with zero attached hydrogens (tertiary/aromatic N) is 1. The van der Waals surface area contributed by atoms with Crippen LogP contribution in [0.2, 0.25) is 0 Å². The number of benzene rings is 2. The first-order chi connectivity index (χ1) is 12.8. The highest BCUT2D eigenvalue weighted by Gasteiger charge is 2.30. The van der Waals surface area contributed by atoms with Gasteiger partial charge in [-0.15, -0.1) is 11.3 Å². The smallest absolute Gasteiger partial charge is 0.416 e. The zero-order valence-corrected chi connectivity index (χ0v) is 15.8. The molecule has 1 aromatic heterocycles. The minimum Gasteiger partial charge on any atom is -0.497 e. The van der Waals surface area contributed by atoms with Crippen LogP contribution in [0.25, 0.3) is 10.2 Å². The normalized spacial score (nSPS) is 11.6. The summed E-state index contributed by atoms with van der Waals surface area (Å²) in [5, 5.41) is 2.80. The molecule has 3 aromatic rings. The third kappa shape index (κ3) is 5.14. The number of amides is 1. The van der Waals surface area contributed by atoms with Gasteiger partial charge < -0.3 is 10.1 Å². The molecule has 0 saturated carbocycles. The molecule has 0 aliphatic heterocycles. The second kappa shape index (κ2) is 8.18. The fourth-order valence-corrected chi connectivity index (χ4v) is 4.15. The van der Waals surface area contributed by atoms with E-state index in [1.807, 2.05) is 24.3 Å². The van der Waals surface area contributed by atoms with E-state index in [1.54, 1.807) is 7.11 Å². The number of halogens is 3. The van der Waals surface area contributed by atoms with Crippen LogP contribution in [-0.2, 0) is 17.5 Å². The lowest BCUT2D eigenvalue weighted by molar-refractivity contribution is -0.137. The van der Waals surface area contributed by atoms with E-state index in [9.17, 15) is 18.0 Å². The molecule has 2 aromatic carbocycles. The van der Waals surface area contributed by atoms with Gasteiger partial charge >= 0.3 is 6.18 Å². The second-order valence-electron chi connectivity index (χ2n) is 5.57. The molecule has 4 nitrogen and oxygen atoms in total. The monoisotopic (exact) mass is 412 g/mol. The van der Waals surface area contributed by atoms with E-state index in [0.29, 0.717) is 15.6 Å². The zero-order valence-electron chi connectivity index (χ0n) is 14.2. The van der Waals surface area contributed by atoms with E-state index < -0.39 is 11.7 Å². The molecule has 9 heteroatoms. The summed E-state index contributed by atoms with van der Waals surface area (Å²) in [4.78, 5) is 16.2. The lowest BCUT2D eigenvalue weighted by Gasteiger charge is -2.05. The van der Waals surface area contributed by atoms with Crippen LogP contribution in [-0.4, -0.2) is 23.8 Å². The van der Waals surface area contributed by atoms with Crippen LogP contribution in [0.4, 0.5) is 13.2 Å². The van der Waals surface area contributed by atoms with Crippen LogP contribution in [0.5, 0.6) is 5.75 Å². The predicted octanol–water partition coefficient (Wildman–Crippen LogP) is 4.73. The van der Waals surface area contributed by atoms with Crippen molar-refractivity contribution in [3.8, 4) is 5.75 Å². The van der Waals surface area contributed by atoms with E-state index in [-0.39, 0.29) is 17.2 Å². The summed E-state index contributed by atoms with van der Waals surface area (Å²) in [6, 6.07) is 10.8. The van der Waals surface area contributed by atoms with Gasteiger partial charge in [0.2, 0.25) is 5.91 Å². The maximum Gasteiger partial charge on any atom is 0.416 e. The molecular weight excluding hydrogens is 397 g/mol. The quantitative estimate of drug-likeness (QED) is 0.595. The average molecular weight is 412 g/mol. The van der Waals surface area contributed by atoms with Crippen LogP contribution in [0.3, 0.4) is 0 Å². The maximum atomic E-state index is 12.8. The van der Waals surface area contributed by atoms with Crippen molar-refractivity contribution in [2.24, 2.45) is 0 Å². The van der Waals surface area contributed by atoms with Gasteiger partial charge in [0, 0.05) is 6.54 Å². The number of fused-ring (bicyclic) bond motifs is 1. The molecule has 0 bridgehead atoms. The summed E-state index contributed by atoms with van der Waals surface area (Å²) in [7, 11) is 1.58. The Balaban J connectivity index is 1.55. The van der Waals surface area contributed by atoms with Crippen molar-refractivity contribution < 1.29 is 22.7 Å². The van der Waals surface area contributed by atoms with Crippen molar-refractivity contribution >= 4 is 39.2 Å². The Morgan fingerprint density at radius 3 is 2.63 bits per heavy atom. The number of hydrogen-bond acceptors (Lipinski definition) is 5. The van der Waals surface area contributed by atoms with Crippen molar-refractivity contribution in [1.82, 2.24) is 10.3 Å². The summed E-state index contributed by atoms with van der Waals surface area (Å²) < 4.78 is 44.6. The third-order valence-electron chi connectivity index (χ3n) is 3.67. The number of aromatic nitrogens is 1. The Labute approximate surface area is 161 Å². The molecule has 0 aliphatic carbocycles. The van der Waals surface area contributed by atoms with Crippen molar-refractivity contribution in [3.63, 3.8) is 0 Å². The van der Waals surface area contributed by atoms with Crippen molar-refractivity contribution in [2.75, 3.05) is 12.9 Å². The number of nitrogens with one attached hydrogen (secondary N) is 1. The Morgan fingerprint density at radius 2 is 1.96 bits per heavy atom. The molecule has 0 fully saturated rings. The number of thioether (sulfide) groups is 1. The Hall–Kier alpha value is -2.26. The van der Waals surface area contributed by atoms with Gasteiger partial charge in [-0.05, 0) is 35.9 Å². The van der Waals surface area contributed by atoms with Crippen LogP contribution < -0.4 is 10.1 Å². The molecule has 0 aliphatic rings. The van der Waals surface area contributed by atoms with Gasteiger partial charge in [-0.25, -0.2) is 4.98 Å². The Kier molecular flexibility index (Phi) is 5.91. The summed E-state index contributed by atoms with van der Waals surface area (Å²) in [5.41, 5.74) is 0.499. The number of methoxy groups -OCH3 is 1. The highest BCUT2D eigenvalue weighted by Crippen LogP contribution is 2.35. The number of rotatable bonds is 6. The Bertz CT molecular complexity index is 940. The third-order valence-corrected chi connectivity index (χ3v) is 5.85. The standard InChI is InChI=1S/C18H15F3N2O2S2/c1-25-13-5-2-11(3-6-13)9-22-16(24)10-26-17-23-14-8-12(18(19,20)21)4-7-15(14)27-17/h2-8H,9-10H2,1H3,(H,22,24). The molecule has 3 rings (SSSR count). The molecule has 142 valence electrons. The van der Waals surface area contributed by atoms with Crippen LogP contribution in [0.15, 0.2) is 46.8 Å². The highest BCUT2D eigenvalue weighted by molar-refractivity contribution is 8.01. The van der Waals surface area contributed by atoms with E-state index >= 15 is 0 Å². The van der Waals surface area contributed by atoms with Crippen LogP contribution in [0.1, 0.15) is 11.1 Å². The van der Waals surface area contributed by atoms with Gasteiger partial charge in [0.1, 0.15) is 5.75 Å². The summed E-state index contributed by atoms with van der Waals surface area (Å²) >= 11 is 2.47. The van der Waals surface area contributed by atoms with E-state index in [1.165, 1.54) is 29.2 Å². The second-order valence-corrected chi connectivity index (χ2v) is 7.83. The molecule has 0 spiro atoms. The number of carbonyl (C=O) groups excluding carboxylic acids is 1. The van der Waals surface area contributed by atoms with Gasteiger partial charge in [-0.3, -0.25) is 4.79 Å².